The number of carbonyl (C=O) groups is 1. The lowest BCUT2D eigenvalue weighted by Gasteiger charge is -2.37. The Labute approximate surface area is 155 Å². The zero-order valence-electron chi connectivity index (χ0n) is 15.6. The first-order valence-corrected chi connectivity index (χ1v) is 8.98. The van der Waals surface area contributed by atoms with Crippen LogP contribution < -0.4 is 14.4 Å². The number of methoxy groups -OCH3 is 1. The maximum absolute atomic E-state index is 12.7. The molecule has 3 rings (SSSR count). The molecule has 5 heteroatoms. The van der Waals surface area contributed by atoms with Crippen molar-refractivity contribution in [2.45, 2.75) is 20.0 Å². The van der Waals surface area contributed by atoms with E-state index in [9.17, 15) is 4.79 Å². The predicted octanol–water partition coefficient (Wildman–Crippen LogP) is 3.12. The summed E-state index contributed by atoms with van der Waals surface area (Å²) in [6, 6.07) is 15.8. The Morgan fingerprint density at radius 1 is 1.00 bits per heavy atom. The minimum atomic E-state index is -0.485. The smallest absolute Gasteiger partial charge is 0.263 e. The number of hydrogen-bond acceptors (Lipinski definition) is 4. The minimum Gasteiger partial charge on any atom is -0.497 e. The monoisotopic (exact) mass is 354 g/mol. The number of benzene rings is 2. The number of rotatable bonds is 5. The molecule has 0 aromatic heterocycles. The fraction of sp³-hybridized carbons (Fsp3) is 0.381. The Morgan fingerprint density at radius 3 is 2.35 bits per heavy atom. The molecule has 1 saturated heterocycles. The Bertz CT molecular complexity index is 737. The highest BCUT2D eigenvalue weighted by atomic mass is 16.5. The molecule has 0 radical (unpaired) electrons. The van der Waals surface area contributed by atoms with E-state index < -0.39 is 6.10 Å². The van der Waals surface area contributed by atoms with Crippen LogP contribution in [0.25, 0.3) is 0 Å². The number of piperazine rings is 1. The molecule has 0 saturated carbocycles. The van der Waals surface area contributed by atoms with E-state index >= 15 is 0 Å². The van der Waals surface area contributed by atoms with E-state index in [1.54, 1.807) is 7.11 Å². The molecule has 0 bridgehead atoms. The summed E-state index contributed by atoms with van der Waals surface area (Å²) in [5.74, 6) is 1.61. The number of carbonyl (C=O) groups excluding carboxylic acids is 1. The molecular weight excluding hydrogens is 328 g/mol. The standard InChI is InChI=1S/C21H26N2O3/c1-16-7-9-19(10-8-16)26-17(2)21(24)23-13-11-22(12-14-23)18-5-4-6-20(15-18)25-3/h4-10,15,17H,11-14H2,1-3H3. The van der Waals surface area contributed by atoms with Gasteiger partial charge in [0.25, 0.3) is 5.91 Å². The number of anilines is 1. The average molecular weight is 354 g/mol. The summed E-state index contributed by atoms with van der Waals surface area (Å²) in [5.41, 5.74) is 2.30. The summed E-state index contributed by atoms with van der Waals surface area (Å²) in [5, 5.41) is 0. The Morgan fingerprint density at radius 2 is 1.69 bits per heavy atom. The normalized spacial score (nSPS) is 15.5. The lowest BCUT2D eigenvalue weighted by atomic mass is 10.2. The fourth-order valence-corrected chi connectivity index (χ4v) is 3.12. The van der Waals surface area contributed by atoms with Crippen LogP contribution >= 0.6 is 0 Å². The van der Waals surface area contributed by atoms with Crippen molar-refractivity contribution in [2.24, 2.45) is 0 Å². The van der Waals surface area contributed by atoms with E-state index in [-0.39, 0.29) is 5.91 Å². The van der Waals surface area contributed by atoms with Crippen molar-refractivity contribution in [3.8, 4) is 11.5 Å². The summed E-state index contributed by atoms with van der Waals surface area (Å²) in [7, 11) is 1.67. The molecule has 2 aromatic carbocycles. The maximum Gasteiger partial charge on any atom is 0.263 e. The lowest BCUT2D eigenvalue weighted by molar-refractivity contribution is -0.138. The summed E-state index contributed by atoms with van der Waals surface area (Å²) in [4.78, 5) is 16.8. The molecule has 5 nitrogen and oxygen atoms in total. The van der Waals surface area contributed by atoms with Gasteiger partial charge in [0.05, 0.1) is 7.11 Å². The van der Waals surface area contributed by atoms with E-state index in [0.29, 0.717) is 13.1 Å². The zero-order valence-corrected chi connectivity index (χ0v) is 15.6. The van der Waals surface area contributed by atoms with Crippen LogP contribution in [0.5, 0.6) is 11.5 Å². The van der Waals surface area contributed by atoms with Gasteiger partial charge in [-0.1, -0.05) is 23.8 Å². The molecule has 2 aromatic rings. The summed E-state index contributed by atoms with van der Waals surface area (Å²) >= 11 is 0. The minimum absolute atomic E-state index is 0.0378. The van der Waals surface area contributed by atoms with Crippen LogP contribution in [-0.4, -0.2) is 50.2 Å². The number of nitrogens with zero attached hydrogens (tertiary/aromatic N) is 2. The number of ether oxygens (including phenoxy) is 2. The van der Waals surface area contributed by atoms with Gasteiger partial charge in [0.1, 0.15) is 11.5 Å². The molecule has 1 aliphatic heterocycles. The van der Waals surface area contributed by atoms with E-state index in [2.05, 4.69) is 11.0 Å². The van der Waals surface area contributed by atoms with Gasteiger partial charge >= 0.3 is 0 Å². The highest BCUT2D eigenvalue weighted by Crippen LogP contribution is 2.22. The van der Waals surface area contributed by atoms with Crippen molar-refractivity contribution in [3.05, 3.63) is 54.1 Å². The van der Waals surface area contributed by atoms with Gasteiger partial charge in [-0.15, -0.1) is 0 Å². The van der Waals surface area contributed by atoms with Crippen molar-refractivity contribution in [1.29, 1.82) is 0 Å². The van der Waals surface area contributed by atoms with Gasteiger partial charge in [-0.3, -0.25) is 4.79 Å². The Balaban J connectivity index is 1.55. The maximum atomic E-state index is 12.7. The van der Waals surface area contributed by atoms with E-state index in [1.165, 1.54) is 5.56 Å². The molecule has 1 unspecified atom stereocenters. The molecule has 1 fully saturated rings. The second-order valence-electron chi connectivity index (χ2n) is 6.59. The van der Waals surface area contributed by atoms with Crippen molar-refractivity contribution in [2.75, 3.05) is 38.2 Å². The fourth-order valence-electron chi connectivity index (χ4n) is 3.12. The topological polar surface area (TPSA) is 42.0 Å². The van der Waals surface area contributed by atoms with E-state index in [1.807, 2.05) is 61.2 Å². The molecule has 1 aliphatic rings. The van der Waals surface area contributed by atoms with Gasteiger partial charge in [-0.2, -0.15) is 0 Å². The first kappa shape index (κ1) is 18.1. The molecule has 1 heterocycles. The van der Waals surface area contributed by atoms with Crippen LogP contribution in [0.15, 0.2) is 48.5 Å². The van der Waals surface area contributed by atoms with Crippen molar-refractivity contribution in [1.82, 2.24) is 4.90 Å². The SMILES string of the molecule is COc1cccc(N2CCN(C(=O)C(C)Oc3ccc(C)cc3)CC2)c1. The van der Waals surface area contributed by atoms with Crippen LogP contribution in [0.3, 0.4) is 0 Å². The van der Waals surface area contributed by atoms with Gasteiger partial charge in [-0.25, -0.2) is 0 Å². The number of aryl methyl sites for hydroxylation is 1. The van der Waals surface area contributed by atoms with Crippen molar-refractivity contribution < 1.29 is 14.3 Å². The first-order chi connectivity index (χ1) is 12.6. The Kier molecular flexibility index (Phi) is 5.66. The lowest BCUT2D eigenvalue weighted by Crippen LogP contribution is -2.52. The van der Waals surface area contributed by atoms with Crippen LogP contribution in [0, 0.1) is 6.92 Å². The average Bonchev–Trinajstić information content (AvgIpc) is 2.69. The predicted molar refractivity (Wildman–Crippen MR) is 103 cm³/mol. The third-order valence-corrected chi connectivity index (χ3v) is 4.69. The van der Waals surface area contributed by atoms with E-state index in [4.69, 9.17) is 9.47 Å². The van der Waals surface area contributed by atoms with Crippen molar-refractivity contribution in [3.63, 3.8) is 0 Å². The summed E-state index contributed by atoms with van der Waals surface area (Å²) < 4.78 is 11.1. The summed E-state index contributed by atoms with van der Waals surface area (Å²) in [6.07, 6.45) is -0.485. The number of amides is 1. The van der Waals surface area contributed by atoms with Crippen LogP contribution in [-0.2, 0) is 4.79 Å². The molecule has 0 spiro atoms. The van der Waals surface area contributed by atoms with Gasteiger partial charge < -0.3 is 19.3 Å². The zero-order chi connectivity index (χ0) is 18.5. The highest BCUT2D eigenvalue weighted by molar-refractivity contribution is 5.81. The molecule has 26 heavy (non-hydrogen) atoms. The van der Waals surface area contributed by atoms with E-state index in [0.717, 1.165) is 30.3 Å². The van der Waals surface area contributed by atoms with Gasteiger partial charge in [-0.05, 0) is 38.1 Å². The van der Waals surface area contributed by atoms with Gasteiger partial charge in [0.2, 0.25) is 0 Å². The third-order valence-electron chi connectivity index (χ3n) is 4.69. The largest absolute Gasteiger partial charge is 0.497 e. The van der Waals surface area contributed by atoms with Crippen LogP contribution in [0.1, 0.15) is 12.5 Å². The molecule has 0 N–H and O–H groups in total. The van der Waals surface area contributed by atoms with Gasteiger partial charge in [0, 0.05) is 37.9 Å². The second-order valence-corrected chi connectivity index (χ2v) is 6.59. The molecule has 1 atom stereocenters. The molecule has 1 amide bonds. The van der Waals surface area contributed by atoms with Crippen LogP contribution in [0.4, 0.5) is 5.69 Å². The van der Waals surface area contributed by atoms with Crippen LogP contribution in [0.2, 0.25) is 0 Å². The Hall–Kier alpha value is -2.69. The van der Waals surface area contributed by atoms with Gasteiger partial charge in [0.15, 0.2) is 6.10 Å². The molecule has 138 valence electrons. The molecular formula is C21H26N2O3. The number of hydrogen-bond donors (Lipinski definition) is 0. The second kappa shape index (κ2) is 8.13. The third kappa shape index (κ3) is 4.28. The quantitative estimate of drug-likeness (QED) is 0.827. The first-order valence-electron chi connectivity index (χ1n) is 8.98. The van der Waals surface area contributed by atoms with Crippen molar-refractivity contribution >= 4 is 11.6 Å². The summed E-state index contributed by atoms with van der Waals surface area (Å²) in [6.45, 7) is 6.83. The molecule has 0 aliphatic carbocycles. The highest BCUT2D eigenvalue weighted by Gasteiger charge is 2.26.